The van der Waals surface area contributed by atoms with Gasteiger partial charge in [0.1, 0.15) is 5.56 Å². The van der Waals surface area contributed by atoms with Gasteiger partial charge in [-0.1, -0.05) is 80.8 Å². The molecule has 1 rings (SSSR count). The predicted octanol–water partition coefficient (Wildman–Crippen LogP) is 5.79. The third kappa shape index (κ3) is 7.49. The van der Waals surface area contributed by atoms with E-state index < -0.39 is 23.7 Å². The predicted molar refractivity (Wildman–Crippen MR) is 108 cm³/mol. The van der Waals surface area contributed by atoms with E-state index >= 15 is 0 Å². The molecule has 6 nitrogen and oxygen atoms in total. The zero-order valence-electron chi connectivity index (χ0n) is 15.7. The fourth-order valence-electron chi connectivity index (χ4n) is 2.64. The summed E-state index contributed by atoms with van der Waals surface area (Å²) in [5.74, 6) is -4.19. The summed E-state index contributed by atoms with van der Waals surface area (Å²) in [6, 6.07) is 1.14. The zero-order valence-corrected chi connectivity index (χ0v) is 18.0. The van der Waals surface area contributed by atoms with Gasteiger partial charge in [-0.3, -0.25) is 0 Å². The highest BCUT2D eigenvalue weighted by molar-refractivity contribution is 6.46. The highest BCUT2D eigenvalue weighted by Crippen LogP contribution is 2.39. The number of esters is 2. The second-order valence-corrected chi connectivity index (χ2v) is 7.62. The Morgan fingerprint density at radius 3 is 2.36 bits per heavy atom. The normalized spacial score (nSPS) is 11.8. The molecule has 0 aliphatic carbocycles. The first-order chi connectivity index (χ1) is 13.2. The van der Waals surface area contributed by atoms with Crippen molar-refractivity contribution in [2.75, 3.05) is 6.61 Å². The smallest absolute Gasteiger partial charge is 0.422 e. The Balaban J connectivity index is 2.73. The number of aliphatic carboxylic acids is 1. The Hall–Kier alpha value is -1.50. The molecule has 0 fully saturated rings. The molecule has 0 aromatic heterocycles. The molecular weight excluding hydrogens is 431 g/mol. The molecule has 28 heavy (non-hydrogen) atoms. The minimum atomic E-state index is -1.85. The van der Waals surface area contributed by atoms with Crippen LogP contribution in [-0.4, -0.2) is 29.6 Å². The second kappa shape index (κ2) is 12.1. The van der Waals surface area contributed by atoms with E-state index in [1.165, 1.54) is 6.42 Å². The molecule has 0 radical (unpaired) electrons. The average Bonchev–Trinajstić information content (AvgIpc) is 2.62. The summed E-state index contributed by atoms with van der Waals surface area (Å²) in [5.41, 5.74) is -0.384. The van der Waals surface area contributed by atoms with Crippen molar-refractivity contribution in [3.8, 4) is 5.75 Å². The highest BCUT2D eigenvalue weighted by Gasteiger charge is 2.27. The topological polar surface area (TPSA) is 89.9 Å². The van der Waals surface area contributed by atoms with E-state index in [2.05, 4.69) is 18.6 Å². The van der Waals surface area contributed by atoms with E-state index in [9.17, 15) is 14.4 Å². The fourth-order valence-corrected chi connectivity index (χ4v) is 3.36. The Kier molecular flexibility index (Phi) is 10.6. The molecule has 1 unspecified atom stereocenters. The van der Waals surface area contributed by atoms with E-state index in [-0.39, 0.29) is 27.2 Å². The van der Waals surface area contributed by atoms with Gasteiger partial charge in [0.05, 0.1) is 21.7 Å². The van der Waals surface area contributed by atoms with Crippen LogP contribution in [0.5, 0.6) is 5.75 Å². The van der Waals surface area contributed by atoms with Crippen molar-refractivity contribution in [1.29, 1.82) is 0 Å². The molecule has 0 amide bonds. The lowest BCUT2D eigenvalue weighted by atomic mass is 9.99. The van der Waals surface area contributed by atoms with Gasteiger partial charge in [0.15, 0.2) is 5.75 Å². The van der Waals surface area contributed by atoms with Crippen LogP contribution in [0.3, 0.4) is 0 Å². The van der Waals surface area contributed by atoms with Gasteiger partial charge in [-0.25, -0.2) is 14.4 Å². The van der Waals surface area contributed by atoms with Crippen molar-refractivity contribution >= 4 is 52.7 Å². The average molecular weight is 454 g/mol. The largest absolute Gasteiger partial charge is 0.473 e. The van der Waals surface area contributed by atoms with Crippen LogP contribution in [0, 0.1) is 5.92 Å². The van der Waals surface area contributed by atoms with E-state index in [0.717, 1.165) is 31.7 Å². The maximum atomic E-state index is 12.4. The lowest BCUT2D eigenvalue weighted by molar-refractivity contribution is -0.158. The summed E-state index contributed by atoms with van der Waals surface area (Å²) in [4.78, 5) is 34.5. The van der Waals surface area contributed by atoms with Crippen LogP contribution in [0.4, 0.5) is 0 Å². The molecule has 0 heterocycles. The molecule has 1 aromatic carbocycles. The molecule has 0 aliphatic rings. The van der Waals surface area contributed by atoms with E-state index in [1.54, 1.807) is 0 Å². The standard InChI is InChI=1S/C19H23Cl3O6/c1-3-7-11(2)8-5-4-6-9-27-18(25)14-15(22)12(20)10-13(21)16(14)28-19(26)17(23)24/h10-11H,3-9H2,1-2H3,(H,23,24). The number of carbonyl (C=O) groups excluding carboxylic acids is 2. The van der Waals surface area contributed by atoms with Gasteiger partial charge in [-0.2, -0.15) is 0 Å². The second-order valence-electron chi connectivity index (χ2n) is 6.43. The van der Waals surface area contributed by atoms with E-state index in [1.807, 2.05) is 0 Å². The zero-order chi connectivity index (χ0) is 21.3. The number of benzene rings is 1. The van der Waals surface area contributed by atoms with Gasteiger partial charge < -0.3 is 14.6 Å². The van der Waals surface area contributed by atoms with E-state index in [0.29, 0.717) is 12.3 Å². The van der Waals surface area contributed by atoms with Crippen molar-refractivity contribution in [3.63, 3.8) is 0 Å². The third-order valence-corrected chi connectivity index (χ3v) is 5.12. The summed E-state index contributed by atoms with van der Waals surface area (Å²) >= 11 is 17.9. The molecule has 0 aliphatic heterocycles. The number of ether oxygens (including phenoxy) is 2. The van der Waals surface area contributed by atoms with Gasteiger partial charge in [0.25, 0.3) is 0 Å². The van der Waals surface area contributed by atoms with Crippen LogP contribution in [0.25, 0.3) is 0 Å². The molecule has 9 heteroatoms. The Morgan fingerprint density at radius 2 is 1.75 bits per heavy atom. The van der Waals surface area contributed by atoms with Crippen LogP contribution < -0.4 is 4.74 Å². The van der Waals surface area contributed by atoms with Crippen LogP contribution >= 0.6 is 34.8 Å². The van der Waals surface area contributed by atoms with Gasteiger partial charge >= 0.3 is 17.9 Å². The quantitative estimate of drug-likeness (QED) is 0.158. The van der Waals surface area contributed by atoms with Crippen molar-refractivity contribution < 1.29 is 29.0 Å². The summed E-state index contributed by atoms with van der Waals surface area (Å²) in [5, 5.41) is 8.16. The number of carbonyl (C=O) groups is 3. The minimum Gasteiger partial charge on any atom is -0.473 e. The summed E-state index contributed by atoms with van der Waals surface area (Å²) in [6.07, 6.45) is 6.06. The maximum Gasteiger partial charge on any atom is 0.422 e. The SMILES string of the molecule is CCCC(C)CCCCCOC(=O)c1c(Cl)c(Cl)cc(Cl)c1OC(=O)C(=O)O. The number of halogens is 3. The summed E-state index contributed by atoms with van der Waals surface area (Å²) in [6.45, 7) is 4.51. The number of carboxylic acids is 1. The first-order valence-corrected chi connectivity index (χ1v) is 10.1. The van der Waals surface area contributed by atoms with Crippen LogP contribution in [-0.2, 0) is 14.3 Å². The molecule has 1 aromatic rings. The van der Waals surface area contributed by atoms with Crippen molar-refractivity contribution in [1.82, 2.24) is 0 Å². The number of rotatable bonds is 10. The molecule has 0 spiro atoms. The first-order valence-electron chi connectivity index (χ1n) is 8.98. The molecule has 1 atom stereocenters. The molecule has 0 saturated carbocycles. The lowest BCUT2D eigenvalue weighted by Crippen LogP contribution is -2.21. The monoisotopic (exact) mass is 452 g/mol. The fraction of sp³-hybridized carbons (Fsp3) is 0.526. The van der Waals surface area contributed by atoms with Crippen molar-refractivity contribution in [2.24, 2.45) is 5.92 Å². The van der Waals surface area contributed by atoms with E-state index in [4.69, 9.17) is 44.6 Å². The minimum absolute atomic E-state index is 0.0568. The molecule has 0 bridgehead atoms. The summed E-state index contributed by atoms with van der Waals surface area (Å²) in [7, 11) is 0. The van der Waals surface area contributed by atoms with Gasteiger partial charge in [-0.05, 0) is 18.4 Å². The molecule has 0 saturated heterocycles. The lowest BCUT2D eigenvalue weighted by Gasteiger charge is -2.13. The van der Waals surface area contributed by atoms with Crippen LogP contribution in [0.1, 0.15) is 62.7 Å². The Bertz CT molecular complexity index is 720. The summed E-state index contributed by atoms with van der Waals surface area (Å²) < 4.78 is 9.85. The Labute approximate surface area is 179 Å². The van der Waals surface area contributed by atoms with Crippen LogP contribution in [0.15, 0.2) is 6.07 Å². The number of hydrogen-bond donors (Lipinski definition) is 1. The highest BCUT2D eigenvalue weighted by atomic mass is 35.5. The molecule has 156 valence electrons. The van der Waals surface area contributed by atoms with Gasteiger partial charge in [-0.15, -0.1) is 0 Å². The van der Waals surface area contributed by atoms with Crippen molar-refractivity contribution in [2.45, 2.75) is 52.4 Å². The Morgan fingerprint density at radius 1 is 1.07 bits per heavy atom. The number of carboxylic acid groups (broad SMARTS) is 1. The maximum absolute atomic E-state index is 12.4. The number of unbranched alkanes of at least 4 members (excludes halogenated alkanes) is 2. The third-order valence-electron chi connectivity index (χ3n) is 4.06. The van der Waals surface area contributed by atoms with Crippen molar-refractivity contribution in [3.05, 3.63) is 26.7 Å². The molecular formula is C19H23Cl3O6. The van der Waals surface area contributed by atoms with Gasteiger partial charge in [0, 0.05) is 0 Å². The molecule has 1 N–H and O–H groups in total. The number of hydrogen-bond acceptors (Lipinski definition) is 5. The van der Waals surface area contributed by atoms with Gasteiger partial charge in [0.2, 0.25) is 0 Å². The van der Waals surface area contributed by atoms with Crippen LogP contribution in [0.2, 0.25) is 15.1 Å². The first kappa shape index (κ1) is 24.5.